The lowest BCUT2D eigenvalue weighted by molar-refractivity contribution is 0.587. The van der Waals surface area contributed by atoms with Crippen LogP contribution in [0.5, 0.6) is 0 Å². The van der Waals surface area contributed by atoms with Gasteiger partial charge in [0, 0.05) is 17.4 Å². The van der Waals surface area contributed by atoms with Crippen LogP contribution in [0.4, 0.5) is 11.4 Å². The molecule has 24 heavy (non-hydrogen) atoms. The van der Waals surface area contributed by atoms with Gasteiger partial charge in [0.15, 0.2) is 0 Å². The van der Waals surface area contributed by atoms with Crippen LogP contribution in [0.3, 0.4) is 0 Å². The Bertz CT molecular complexity index is 800. The molecule has 3 rings (SSSR count). The summed E-state index contributed by atoms with van der Waals surface area (Å²) < 4.78 is 27.7. The number of hydrogen-bond donors (Lipinski definition) is 2. The first-order chi connectivity index (χ1) is 11.2. The summed E-state index contributed by atoms with van der Waals surface area (Å²) in [4.78, 5) is 0.274. The standard InChI is InChI=1S/C19H24N2O2S/c1-19(2,3)14-4-12-18(13-5-14)24(22,23)21-17-10-8-16(9-11-17)20-15-6-7-15/h4-5,8-13,15,20-21H,6-7H2,1-3H3. The van der Waals surface area contributed by atoms with E-state index in [0.29, 0.717) is 11.7 Å². The van der Waals surface area contributed by atoms with Crippen LogP contribution in [0, 0.1) is 0 Å². The molecular weight excluding hydrogens is 320 g/mol. The summed E-state index contributed by atoms with van der Waals surface area (Å²) in [6.45, 7) is 6.31. The molecule has 128 valence electrons. The molecule has 1 fully saturated rings. The van der Waals surface area contributed by atoms with Crippen molar-refractivity contribution >= 4 is 21.4 Å². The van der Waals surface area contributed by atoms with Gasteiger partial charge in [0.05, 0.1) is 4.90 Å². The SMILES string of the molecule is CC(C)(C)c1ccc(S(=O)(=O)Nc2ccc(NC3CC3)cc2)cc1. The fourth-order valence-corrected chi connectivity index (χ4v) is 3.50. The molecule has 0 atom stereocenters. The number of sulfonamides is 1. The minimum atomic E-state index is -3.57. The number of nitrogens with one attached hydrogen (secondary N) is 2. The third-order valence-corrected chi connectivity index (χ3v) is 5.51. The first-order valence-electron chi connectivity index (χ1n) is 8.24. The van der Waals surface area contributed by atoms with Gasteiger partial charge in [-0.25, -0.2) is 8.42 Å². The molecule has 0 spiro atoms. The maximum Gasteiger partial charge on any atom is 0.261 e. The summed E-state index contributed by atoms with van der Waals surface area (Å²) in [6.07, 6.45) is 2.41. The Morgan fingerprint density at radius 1 is 0.875 bits per heavy atom. The molecule has 1 aliphatic carbocycles. The molecule has 2 aromatic carbocycles. The van der Waals surface area contributed by atoms with Gasteiger partial charge in [-0.2, -0.15) is 0 Å². The van der Waals surface area contributed by atoms with Crippen LogP contribution in [0.1, 0.15) is 39.2 Å². The fraction of sp³-hybridized carbons (Fsp3) is 0.368. The van der Waals surface area contributed by atoms with E-state index in [2.05, 4.69) is 30.8 Å². The lowest BCUT2D eigenvalue weighted by atomic mass is 9.87. The van der Waals surface area contributed by atoms with Crippen LogP contribution in [0.15, 0.2) is 53.4 Å². The maximum atomic E-state index is 12.5. The highest BCUT2D eigenvalue weighted by Gasteiger charge is 2.21. The molecule has 0 radical (unpaired) electrons. The number of hydrogen-bond acceptors (Lipinski definition) is 3. The van der Waals surface area contributed by atoms with Crippen molar-refractivity contribution in [1.29, 1.82) is 0 Å². The molecule has 2 N–H and O–H groups in total. The van der Waals surface area contributed by atoms with Crippen molar-refractivity contribution in [3.8, 4) is 0 Å². The Hall–Kier alpha value is -2.01. The van der Waals surface area contributed by atoms with Gasteiger partial charge in [0.1, 0.15) is 0 Å². The Balaban J connectivity index is 1.73. The third-order valence-electron chi connectivity index (χ3n) is 4.12. The zero-order valence-corrected chi connectivity index (χ0v) is 15.2. The molecule has 1 saturated carbocycles. The summed E-state index contributed by atoms with van der Waals surface area (Å²) >= 11 is 0. The van der Waals surface area contributed by atoms with E-state index in [-0.39, 0.29) is 10.3 Å². The van der Waals surface area contributed by atoms with E-state index in [4.69, 9.17) is 0 Å². The minimum absolute atomic E-state index is 0.000108. The molecule has 0 aliphatic heterocycles. The highest BCUT2D eigenvalue weighted by molar-refractivity contribution is 7.92. The van der Waals surface area contributed by atoms with Gasteiger partial charge in [-0.1, -0.05) is 32.9 Å². The molecule has 0 saturated heterocycles. The van der Waals surface area contributed by atoms with Crippen LogP contribution in [0.2, 0.25) is 0 Å². The van der Waals surface area contributed by atoms with Crippen molar-refractivity contribution in [3.05, 3.63) is 54.1 Å². The van der Waals surface area contributed by atoms with Gasteiger partial charge >= 0.3 is 0 Å². The van der Waals surface area contributed by atoms with Crippen molar-refractivity contribution in [2.75, 3.05) is 10.0 Å². The Labute approximate surface area is 144 Å². The first kappa shape index (κ1) is 16.8. The lowest BCUT2D eigenvalue weighted by Crippen LogP contribution is -2.15. The van der Waals surface area contributed by atoms with Crippen molar-refractivity contribution in [1.82, 2.24) is 0 Å². The molecule has 4 nitrogen and oxygen atoms in total. The van der Waals surface area contributed by atoms with Gasteiger partial charge in [0.25, 0.3) is 10.0 Å². The Morgan fingerprint density at radius 2 is 1.42 bits per heavy atom. The average molecular weight is 344 g/mol. The third kappa shape index (κ3) is 4.09. The summed E-state index contributed by atoms with van der Waals surface area (Å²) in [5.74, 6) is 0. The van der Waals surface area contributed by atoms with E-state index >= 15 is 0 Å². The highest BCUT2D eigenvalue weighted by atomic mass is 32.2. The lowest BCUT2D eigenvalue weighted by Gasteiger charge is -2.19. The molecule has 2 aromatic rings. The zero-order valence-electron chi connectivity index (χ0n) is 14.3. The van der Waals surface area contributed by atoms with Crippen LogP contribution < -0.4 is 10.0 Å². The normalized spacial score (nSPS) is 15.1. The molecule has 5 heteroatoms. The second-order valence-electron chi connectivity index (χ2n) is 7.38. The van der Waals surface area contributed by atoms with Gasteiger partial charge in [-0.05, 0) is 60.2 Å². The fourth-order valence-electron chi connectivity index (χ4n) is 2.45. The summed E-state index contributed by atoms with van der Waals surface area (Å²) in [5.41, 5.74) is 2.70. The molecule has 0 amide bonds. The van der Waals surface area contributed by atoms with E-state index in [9.17, 15) is 8.42 Å². The average Bonchev–Trinajstić information content (AvgIpc) is 3.32. The molecular formula is C19H24N2O2S. The van der Waals surface area contributed by atoms with Crippen LogP contribution in [-0.2, 0) is 15.4 Å². The quantitative estimate of drug-likeness (QED) is 0.847. The minimum Gasteiger partial charge on any atom is -0.382 e. The Morgan fingerprint density at radius 3 is 1.92 bits per heavy atom. The van der Waals surface area contributed by atoms with E-state index in [1.807, 2.05) is 24.3 Å². The van der Waals surface area contributed by atoms with E-state index in [0.717, 1.165) is 11.3 Å². The van der Waals surface area contributed by atoms with E-state index in [1.165, 1.54) is 12.8 Å². The monoisotopic (exact) mass is 344 g/mol. The molecule has 0 unspecified atom stereocenters. The predicted octanol–water partition coefficient (Wildman–Crippen LogP) is 4.36. The largest absolute Gasteiger partial charge is 0.382 e. The second kappa shape index (κ2) is 6.13. The van der Waals surface area contributed by atoms with Gasteiger partial charge in [-0.15, -0.1) is 0 Å². The number of rotatable bonds is 5. The molecule has 0 bridgehead atoms. The smallest absolute Gasteiger partial charge is 0.261 e. The summed E-state index contributed by atoms with van der Waals surface area (Å²) in [7, 11) is -3.57. The summed E-state index contributed by atoms with van der Waals surface area (Å²) in [5, 5.41) is 3.38. The van der Waals surface area contributed by atoms with Gasteiger partial charge < -0.3 is 5.32 Å². The maximum absolute atomic E-state index is 12.5. The first-order valence-corrected chi connectivity index (χ1v) is 9.72. The topological polar surface area (TPSA) is 58.2 Å². The number of benzene rings is 2. The van der Waals surface area contributed by atoms with Crippen molar-refractivity contribution in [2.45, 2.75) is 50.0 Å². The molecule has 0 aromatic heterocycles. The van der Waals surface area contributed by atoms with E-state index in [1.54, 1.807) is 24.3 Å². The van der Waals surface area contributed by atoms with Gasteiger partial charge in [-0.3, -0.25) is 4.72 Å². The predicted molar refractivity (Wildman–Crippen MR) is 99.0 cm³/mol. The molecule has 0 heterocycles. The summed E-state index contributed by atoms with van der Waals surface area (Å²) in [6, 6.07) is 15.0. The van der Waals surface area contributed by atoms with E-state index < -0.39 is 10.0 Å². The Kier molecular flexibility index (Phi) is 4.30. The number of anilines is 2. The van der Waals surface area contributed by atoms with Gasteiger partial charge in [0.2, 0.25) is 0 Å². The van der Waals surface area contributed by atoms with Crippen LogP contribution >= 0.6 is 0 Å². The molecule has 1 aliphatic rings. The van der Waals surface area contributed by atoms with Crippen molar-refractivity contribution in [3.63, 3.8) is 0 Å². The van der Waals surface area contributed by atoms with Crippen molar-refractivity contribution in [2.24, 2.45) is 0 Å². The van der Waals surface area contributed by atoms with Crippen molar-refractivity contribution < 1.29 is 8.42 Å². The second-order valence-corrected chi connectivity index (χ2v) is 9.06. The zero-order chi connectivity index (χ0) is 17.4. The highest BCUT2D eigenvalue weighted by Crippen LogP contribution is 2.27. The van der Waals surface area contributed by atoms with Crippen LogP contribution in [-0.4, -0.2) is 14.5 Å². The van der Waals surface area contributed by atoms with Crippen LogP contribution in [0.25, 0.3) is 0 Å².